The molecule has 0 amide bonds. The number of rotatable bonds is 5. The van der Waals surface area contributed by atoms with E-state index in [2.05, 4.69) is 29.8 Å². The van der Waals surface area contributed by atoms with Gasteiger partial charge in [0.15, 0.2) is 0 Å². The number of aryl methyl sites for hydroxylation is 1. The Hall–Kier alpha value is 0.127. The summed E-state index contributed by atoms with van der Waals surface area (Å²) in [5, 5.41) is 10.4. The molecule has 0 aliphatic carbocycles. The van der Waals surface area contributed by atoms with Gasteiger partial charge >= 0.3 is 0 Å². The summed E-state index contributed by atoms with van der Waals surface area (Å²) in [4.78, 5) is 0. The van der Waals surface area contributed by atoms with Crippen molar-refractivity contribution in [1.82, 2.24) is 10.2 Å². The zero-order valence-electron chi connectivity index (χ0n) is 9.33. The molecule has 0 aliphatic heterocycles. The molecule has 0 spiro atoms. The van der Waals surface area contributed by atoms with Crippen molar-refractivity contribution in [3.8, 4) is 0 Å². The Bertz CT molecular complexity index is 281. The lowest BCUT2D eigenvalue weighted by Crippen LogP contribution is -2.19. The maximum absolute atomic E-state index is 4.11. The predicted molar refractivity (Wildman–Crippen MR) is 69.0 cm³/mol. The van der Waals surface area contributed by atoms with Crippen molar-refractivity contribution >= 4 is 31.2 Å². The Kier molecular flexibility index (Phi) is 4.60. The van der Waals surface area contributed by atoms with Gasteiger partial charge in [0.2, 0.25) is 0 Å². The maximum atomic E-state index is 4.11. The van der Waals surface area contributed by atoms with Crippen molar-refractivity contribution in [1.29, 1.82) is 0 Å². The fraction of sp³-hybridized carbons (Fsp3) is 0.778. The Morgan fingerprint density at radius 1 is 1.29 bits per heavy atom. The molecule has 0 fully saturated rings. The molecule has 0 radical (unpaired) electrons. The summed E-state index contributed by atoms with van der Waals surface area (Å²) in [5.74, 6) is 2.31. The summed E-state index contributed by atoms with van der Waals surface area (Å²) in [7, 11) is -0.844. The van der Waals surface area contributed by atoms with Crippen LogP contribution >= 0.6 is 23.1 Å². The zero-order valence-corrected chi connectivity index (χ0v) is 12.0. The molecule has 1 heterocycles. The van der Waals surface area contributed by atoms with Gasteiger partial charge in [-0.05, 0) is 18.7 Å². The lowest BCUT2D eigenvalue weighted by molar-refractivity contribution is 1.01. The van der Waals surface area contributed by atoms with E-state index in [-0.39, 0.29) is 0 Å². The molecule has 1 aromatic rings. The fourth-order valence-corrected chi connectivity index (χ4v) is 5.33. The highest BCUT2D eigenvalue weighted by atomic mass is 32.2. The second-order valence-corrected chi connectivity index (χ2v) is 12.6. The Balaban J connectivity index is 2.16. The molecule has 0 atom stereocenters. The van der Waals surface area contributed by atoms with Crippen LogP contribution in [0, 0.1) is 6.92 Å². The van der Waals surface area contributed by atoms with E-state index in [4.69, 9.17) is 0 Å². The molecule has 0 N–H and O–H groups in total. The van der Waals surface area contributed by atoms with Crippen LogP contribution in [0.4, 0.5) is 0 Å². The summed E-state index contributed by atoms with van der Waals surface area (Å²) in [5.41, 5.74) is 0. The van der Waals surface area contributed by atoms with Crippen LogP contribution in [0.3, 0.4) is 0 Å². The average Bonchev–Trinajstić information content (AvgIpc) is 2.44. The number of hydrogen-bond donors (Lipinski definition) is 0. The van der Waals surface area contributed by atoms with Crippen molar-refractivity contribution < 1.29 is 0 Å². The van der Waals surface area contributed by atoms with Gasteiger partial charge in [0.25, 0.3) is 0 Å². The minimum atomic E-state index is -0.844. The molecule has 1 rings (SSSR count). The van der Waals surface area contributed by atoms with Crippen molar-refractivity contribution in [3.05, 3.63) is 10.0 Å². The van der Waals surface area contributed by atoms with Gasteiger partial charge in [0.05, 0.1) is 0 Å². The largest absolute Gasteiger partial charge is 0.155 e. The highest BCUT2D eigenvalue weighted by Gasteiger charge is 2.12. The lowest BCUT2D eigenvalue weighted by atomic mass is 10.8. The van der Waals surface area contributed by atoms with Crippen LogP contribution in [0.25, 0.3) is 0 Å². The minimum absolute atomic E-state index is 0.844. The second kappa shape index (κ2) is 5.28. The molecule has 0 saturated carbocycles. The van der Waals surface area contributed by atoms with E-state index < -0.39 is 8.07 Å². The van der Waals surface area contributed by atoms with Crippen molar-refractivity contribution in [2.45, 2.75) is 38.4 Å². The van der Waals surface area contributed by atoms with Crippen LogP contribution < -0.4 is 0 Å². The molecule has 0 bridgehead atoms. The first-order valence-electron chi connectivity index (χ1n) is 4.84. The summed E-state index contributed by atoms with van der Waals surface area (Å²) in [6.45, 7) is 9.27. The molecule has 0 aliphatic rings. The molecular formula is C9H18N2S2Si. The first kappa shape index (κ1) is 12.2. The monoisotopic (exact) mass is 246 g/mol. The third-order valence-electron chi connectivity index (χ3n) is 1.79. The first-order chi connectivity index (χ1) is 6.47. The third-order valence-corrected chi connectivity index (χ3v) is 5.89. The highest BCUT2D eigenvalue weighted by Crippen LogP contribution is 2.19. The molecule has 14 heavy (non-hydrogen) atoms. The molecule has 2 nitrogen and oxygen atoms in total. The van der Waals surface area contributed by atoms with Gasteiger partial charge in [-0.25, -0.2) is 0 Å². The van der Waals surface area contributed by atoms with Crippen molar-refractivity contribution in [3.63, 3.8) is 0 Å². The van der Waals surface area contributed by atoms with Gasteiger partial charge in [-0.15, -0.1) is 21.5 Å². The Morgan fingerprint density at radius 2 is 2.00 bits per heavy atom. The quantitative estimate of drug-likeness (QED) is 0.588. The molecule has 5 heteroatoms. The van der Waals surface area contributed by atoms with E-state index in [0.717, 1.165) is 10.8 Å². The summed E-state index contributed by atoms with van der Waals surface area (Å²) >= 11 is 3.70. The Labute approximate surface area is 95.5 Å². The zero-order chi connectivity index (χ0) is 10.6. The van der Waals surface area contributed by atoms with E-state index >= 15 is 0 Å². The highest BCUT2D eigenvalue weighted by molar-refractivity contribution is 7.98. The van der Waals surface area contributed by atoms with E-state index in [9.17, 15) is 0 Å². The Morgan fingerprint density at radius 3 is 2.50 bits per heavy atom. The van der Waals surface area contributed by atoms with Gasteiger partial charge in [-0.3, -0.25) is 0 Å². The smallest absolute Gasteiger partial charge is 0.127 e. The number of aromatic nitrogens is 2. The minimum Gasteiger partial charge on any atom is -0.155 e. The standard InChI is InChI=1S/C9H18N2S2Si/c1-8-10-11-9(13-8)7-12-5-6-14(2,3)4/h5-7H2,1-4H3. The van der Waals surface area contributed by atoms with Gasteiger partial charge < -0.3 is 0 Å². The molecule has 0 aromatic carbocycles. The lowest BCUT2D eigenvalue weighted by Gasteiger charge is -2.14. The fourth-order valence-electron chi connectivity index (χ4n) is 0.934. The molecule has 1 aromatic heterocycles. The van der Waals surface area contributed by atoms with Crippen LogP contribution in [0.2, 0.25) is 25.7 Å². The number of hydrogen-bond acceptors (Lipinski definition) is 4. The number of thioether (sulfide) groups is 1. The van der Waals surface area contributed by atoms with Gasteiger partial charge in [0, 0.05) is 13.8 Å². The summed E-state index contributed by atoms with van der Waals surface area (Å²) in [6, 6.07) is 1.40. The van der Waals surface area contributed by atoms with E-state index in [1.54, 1.807) is 11.3 Å². The maximum Gasteiger partial charge on any atom is 0.127 e. The van der Waals surface area contributed by atoms with Crippen LogP contribution in [-0.2, 0) is 5.75 Å². The molecular weight excluding hydrogens is 228 g/mol. The average molecular weight is 246 g/mol. The van der Waals surface area contributed by atoms with Crippen LogP contribution in [0.15, 0.2) is 0 Å². The number of nitrogens with zero attached hydrogens (tertiary/aromatic N) is 2. The predicted octanol–water partition coefficient (Wildman–Crippen LogP) is 3.42. The van der Waals surface area contributed by atoms with E-state index in [1.807, 2.05) is 18.7 Å². The van der Waals surface area contributed by atoms with Gasteiger partial charge in [-0.2, -0.15) is 11.8 Å². The van der Waals surface area contributed by atoms with Gasteiger partial charge in [0.1, 0.15) is 10.0 Å². The molecule has 80 valence electrons. The molecule has 0 saturated heterocycles. The van der Waals surface area contributed by atoms with Gasteiger partial charge in [-0.1, -0.05) is 19.6 Å². The van der Waals surface area contributed by atoms with Crippen molar-refractivity contribution in [2.24, 2.45) is 0 Å². The second-order valence-electron chi connectivity index (χ2n) is 4.58. The van der Waals surface area contributed by atoms with Crippen LogP contribution in [0.5, 0.6) is 0 Å². The molecule has 0 unspecified atom stereocenters. The summed E-state index contributed by atoms with van der Waals surface area (Å²) in [6.07, 6.45) is 0. The summed E-state index contributed by atoms with van der Waals surface area (Å²) < 4.78 is 0. The van der Waals surface area contributed by atoms with E-state index in [1.165, 1.54) is 16.8 Å². The van der Waals surface area contributed by atoms with Crippen LogP contribution in [-0.4, -0.2) is 24.0 Å². The topological polar surface area (TPSA) is 25.8 Å². The SMILES string of the molecule is Cc1nnc(CSCC[Si](C)(C)C)s1. The van der Waals surface area contributed by atoms with E-state index in [0.29, 0.717) is 0 Å². The normalized spacial score (nSPS) is 12.0. The first-order valence-corrected chi connectivity index (χ1v) is 10.5. The third kappa shape index (κ3) is 5.12. The van der Waals surface area contributed by atoms with Crippen molar-refractivity contribution in [2.75, 3.05) is 5.75 Å². The van der Waals surface area contributed by atoms with Crippen LogP contribution in [0.1, 0.15) is 10.0 Å².